The molecule has 14 heavy (non-hydrogen) atoms. The molecule has 5 nitrogen and oxygen atoms in total. The van der Waals surface area contributed by atoms with Crippen molar-refractivity contribution in [3.63, 3.8) is 0 Å². The lowest BCUT2D eigenvalue weighted by atomic mass is 9.95. The second kappa shape index (κ2) is 3.40. The molecule has 1 atom stereocenters. The third-order valence-electron chi connectivity index (χ3n) is 1.92. The number of amides is 1. The van der Waals surface area contributed by atoms with Crippen LogP contribution in [0.1, 0.15) is 27.2 Å². The number of amidine groups is 1. The number of aliphatic carboxylic acids is 1. The number of carboxylic acid groups (broad SMARTS) is 1. The van der Waals surface area contributed by atoms with Crippen LogP contribution >= 0.6 is 0 Å². The summed E-state index contributed by atoms with van der Waals surface area (Å²) in [7, 11) is 0. The fourth-order valence-corrected chi connectivity index (χ4v) is 1.14. The molecule has 0 radical (unpaired) electrons. The predicted molar refractivity (Wildman–Crippen MR) is 51.1 cm³/mol. The number of carbonyl (C=O) groups excluding carboxylic acids is 1. The van der Waals surface area contributed by atoms with Crippen molar-refractivity contribution in [2.75, 3.05) is 0 Å². The lowest BCUT2D eigenvalue weighted by molar-refractivity contribution is -0.139. The van der Waals surface area contributed by atoms with Crippen LogP contribution in [0.2, 0.25) is 0 Å². The molecule has 78 valence electrons. The summed E-state index contributed by atoms with van der Waals surface area (Å²) < 4.78 is 0. The standard InChI is InChI=1S/C9H14N2O3/c1-9(2,3)8-10-5(4-6(12)13)7(14)11-8/h5H,4H2,1-3H3,(H,12,13)(H,10,11,14). The van der Waals surface area contributed by atoms with E-state index in [1.807, 2.05) is 20.8 Å². The van der Waals surface area contributed by atoms with E-state index in [1.54, 1.807) is 0 Å². The van der Waals surface area contributed by atoms with Crippen LogP contribution in [0.25, 0.3) is 0 Å². The molecule has 2 N–H and O–H groups in total. The minimum atomic E-state index is -0.999. The molecule has 0 saturated heterocycles. The number of rotatable bonds is 2. The maximum Gasteiger partial charge on any atom is 0.305 e. The van der Waals surface area contributed by atoms with Gasteiger partial charge in [0.2, 0.25) is 0 Å². The van der Waals surface area contributed by atoms with Gasteiger partial charge in [0.15, 0.2) is 0 Å². The van der Waals surface area contributed by atoms with E-state index in [2.05, 4.69) is 10.3 Å². The molecule has 1 aliphatic rings. The maximum atomic E-state index is 11.3. The van der Waals surface area contributed by atoms with Gasteiger partial charge in [-0.15, -0.1) is 0 Å². The molecule has 1 aliphatic heterocycles. The lowest BCUT2D eigenvalue weighted by Gasteiger charge is -2.19. The summed E-state index contributed by atoms with van der Waals surface area (Å²) in [6, 6.07) is -0.693. The Morgan fingerprint density at radius 1 is 1.57 bits per heavy atom. The Hall–Kier alpha value is -1.39. The summed E-state index contributed by atoms with van der Waals surface area (Å²) in [4.78, 5) is 25.5. The first-order valence-electron chi connectivity index (χ1n) is 4.42. The first kappa shape index (κ1) is 10.7. The Morgan fingerprint density at radius 3 is 2.50 bits per heavy atom. The highest BCUT2D eigenvalue weighted by molar-refractivity contribution is 6.06. The Bertz CT molecular complexity index is 302. The zero-order chi connectivity index (χ0) is 10.9. The first-order valence-corrected chi connectivity index (χ1v) is 4.42. The molecule has 0 aliphatic carbocycles. The van der Waals surface area contributed by atoms with E-state index in [0.717, 1.165) is 0 Å². The van der Waals surface area contributed by atoms with Crippen molar-refractivity contribution in [2.24, 2.45) is 10.4 Å². The third kappa shape index (κ3) is 2.31. The van der Waals surface area contributed by atoms with Gasteiger partial charge in [0.05, 0.1) is 6.42 Å². The van der Waals surface area contributed by atoms with Crippen LogP contribution in [0.4, 0.5) is 0 Å². The van der Waals surface area contributed by atoms with E-state index < -0.39 is 17.9 Å². The average Bonchev–Trinajstić information content (AvgIpc) is 2.30. The quantitative estimate of drug-likeness (QED) is 0.673. The minimum Gasteiger partial charge on any atom is -0.481 e. The largest absolute Gasteiger partial charge is 0.481 e. The molecule has 1 rings (SSSR count). The zero-order valence-electron chi connectivity index (χ0n) is 8.50. The fraction of sp³-hybridized carbons (Fsp3) is 0.667. The highest BCUT2D eigenvalue weighted by Crippen LogP contribution is 2.19. The van der Waals surface area contributed by atoms with Gasteiger partial charge in [-0.1, -0.05) is 20.8 Å². The van der Waals surface area contributed by atoms with Crippen molar-refractivity contribution < 1.29 is 14.7 Å². The van der Waals surface area contributed by atoms with Crippen molar-refractivity contribution in [1.82, 2.24) is 5.32 Å². The molecule has 1 amide bonds. The van der Waals surface area contributed by atoms with Gasteiger partial charge in [0.1, 0.15) is 11.9 Å². The van der Waals surface area contributed by atoms with E-state index in [-0.39, 0.29) is 11.8 Å². The first-order chi connectivity index (χ1) is 6.30. The molecular formula is C9H14N2O3. The molecule has 0 fully saturated rings. The molecule has 0 aromatic rings. The monoisotopic (exact) mass is 198 g/mol. The second-order valence-corrected chi connectivity index (χ2v) is 4.34. The maximum absolute atomic E-state index is 11.3. The van der Waals surface area contributed by atoms with Crippen LogP contribution in [-0.4, -0.2) is 28.9 Å². The molecule has 0 spiro atoms. The van der Waals surface area contributed by atoms with Crippen LogP contribution in [0, 0.1) is 5.41 Å². The lowest BCUT2D eigenvalue weighted by Crippen LogP contribution is -2.39. The van der Waals surface area contributed by atoms with Crippen LogP contribution in [0.5, 0.6) is 0 Å². The van der Waals surface area contributed by atoms with Crippen molar-refractivity contribution in [3.05, 3.63) is 0 Å². The predicted octanol–water partition coefficient (Wildman–Crippen LogP) is 0.404. The van der Waals surface area contributed by atoms with Gasteiger partial charge in [-0.05, 0) is 0 Å². The zero-order valence-corrected chi connectivity index (χ0v) is 8.50. The minimum absolute atomic E-state index is 0.220. The molecule has 0 aromatic heterocycles. The average molecular weight is 198 g/mol. The van der Waals surface area contributed by atoms with E-state index in [0.29, 0.717) is 5.84 Å². The highest BCUT2D eigenvalue weighted by Gasteiger charge is 2.33. The van der Waals surface area contributed by atoms with Crippen LogP contribution < -0.4 is 5.32 Å². The summed E-state index contributed by atoms with van der Waals surface area (Å²) in [5.41, 5.74) is -0.247. The van der Waals surface area contributed by atoms with Crippen molar-refractivity contribution >= 4 is 17.7 Å². The van der Waals surface area contributed by atoms with E-state index in [4.69, 9.17) is 5.11 Å². The number of carbonyl (C=O) groups is 2. The van der Waals surface area contributed by atoms with Crippen LogP contribution in [-0.2, 0) is 9.59 Å². The topological polar surface area (TPSA) is 78.8 Å². The number of aliphatic imine (C=N–C) groups is 1. The fourth-order valence-electron chi connectivity index (χ4n) is 1.14. The van der Waals surface area contributed by atoms with Gasteiger partial charge in [-0.2, -0.15) is 4.99 Å². The van der Waals surface area contributed by atoms with Crippen molar-refractivity contribution in [1.29, 1.82) is 0 Å². The number of nitrogens with one attached hydrogen (secondary N) is 1. The Kier molecular flexibility index (Phi) is 2.59. The molecular weight excluding hydrogens is 184 g/mol. The molecule has 5 heteroatoms. The van der Waals surface area contributed by atoms with Crippen LogP contribution in [0.15, 0.2) is 4.99 Å². The van der Waals surface area contributed by atoms with E-state index in [9.17, 15) is 9.59 Å². The Morgan fingerprint density at radius 2 is 2.14 bits per heavy atom. The number of hydrogen-bond donors (Lipinski definition) is 2. The van der Waals surface area contributed by atoms with Crippen LogP contribution in [0.3, 0.4) is 0 Å². The Labute approximate surface area is 82.2 Å². The molecule has 0 saturated carbocycles. The van der Waals surface area contributed by atoms with Gasteiger partial charge < -0.3 is 10.4 Å². The molecule has 0 aromatic carbocycles. The van der Waals surface area contributed by atoms with Gasteiger partial charge >= 0.3 is 5.97 Å². The molecule has 1 heterocycles. The number of carboxylic acids is 1. The summed E-state index contributed by atoms with van der Waals surface area (Å²) in [6.07, 6.45) is -0.220. The summed E-state index contributed by atoms with van der Waals surface area (Å²) >= 11 is 0. The van der Waals surface area contributed by atoms with Gasteiger partial charge in [0.25, 0.3) is 5.91 Å². The van der Waals surface area contributed by atoms with E-state index in [1.165, 1.54) is 0 Å². The number of hydrogen-bond acceptors (Lipinski definition) is 3. The van der Waals surface area contributed by atoms with Gasteiger partial charge in [-0.3, -0.25) is 9.59 Å². The normalized spacial score (nSPS) is 21.8. The summed E-state index contributed by atoms with van der Waals surface area (Å²) in [6.45, 7) is 5.74. The Balaban J connectivity index is 2.69. The second-order valence-electron chi connectivity index (χ2n) is 4.34. The summed E-state index contributed by atoms with van der Waals surface area (Å²) in [5.74, 6) is -0.827. The SMILES string of the molecule is CC(C)(C)C1=NC(=O)C(CC(=O)O)N1. The van der Waals surface area contributed by atoms with Gasteiger partial charge in [-0.25, -0.2) is 0 Å². The van der Waals surface area contributed by atoms with Gasteiger partial charge in [0, 0.05) is 5.41 Å². The highest BCUT2D eigenvalue weighted by atomic mass is 16.4. The third-order valence-corrected chi connectivity index (χ3v) is 1.92. The van der Waals surface area contributed by atoms with Crippen molar-refractivity contribution in [2.45, 2.75) is 33.2 Å². The van der Waals surface area contributed by atoms with Crippen molar-refractivity contribution in [3.8, 4) is 0 Å². The smallest absolute Gasteiger partial charge is 0.305 e. The summed E-state index contributed by atoms with van der Waals surface area (Å²) in [5, 5.41) is 11.4. The number of nitrogens with zero attached hydrogens (tertiary/aromatic N) is 1. The molecule has 1 unspecified atom stereocenters. The molecule has 0 bridgehead atoms. The van der Waals surface area contributed by atoms with E-state index >= 15 is 0 Å².